The van der Waals surface area contributed by atoms with Gasteiger partial charge in [-0.25, -0.2) is 0 Å². The van der Waals surface area contributed by atoms with Gasteiger partial charge in [0.15, 0.2) is 0 Å². The van der Waals surface area contributed by atoms with Crippen LogP contribution in [0.15, 0.2) is 24.3 Å². The van der Waals surface area contributed by atoms with Crippen molar-refractivity contribution in [3.63, 3.8) is 0 Å². The van der Waals surface area contributed by atoms with Crippen molar-refractivity contribution in [3.8, 4) is 12.3 Å². The first kappa shape index (κ1) is 13.2. The molecular formula is C15H16N2O2. The van der Waals surface area contributed by atoms with Crippen molar-refractivity contribution in [2.75, 3.05) is 6.54 Å². The molecule has 19 heavy (non-hydrogen) atoms. The van der Waals surface area contributed by atoms with Gasteiger partial charge < -0.3 is 10.2 Å². The summed E-state index contributed by atoms with van der Waals surface area (Å²) in [5, 5.41) is 2.85. The summed E-state index contributed by atoms with van der Waals surface area (Å²) in [5.74, 6) is 2.45. The minimum Gasteiger partial charge on any atom is -0.350 e. The Balaban J connectivity index is 1.89. The number of hydrogen-bond acceptors (Lipinski definition) is 2. The van der Waals surface area contributed by atoms with Crippen LogP contribution in [0, 0.1) is 12.3 Å². The van der Waals surface area contributed by atoms with Crippen molar-refractivity contribution in [2.24, 2.45) is 0 Å². The lowest BCUT2D eigenvalue weighted by molar-refractivity contribution is -0.131. The number of nitrogens with zero attached hydrogens (tertiary/aromatic N) is 1. The summed E-state index contributed by atoms with van der Waals surface area (Å²) in [4.78, 5) is 24.3. The molecule has 1 fully saturated rings. The zero-order valence-electron chi connectivity index (χ0n) is 10.6. The number of carbonyl (C=O) groups excluding carboxylic acids is 2. The van der Waals surface area contributed by atoms with E-state index >= 15 is 0 Å². The van der Waals surface area contributed by atoms with E-state index in [0.29, 0.717) is 13.1 Å². The molecule has 0 bridgehead atoms. The Morgan fingerprint density at radius 1 is 1.47 bits per heavy atom. The van der Waals surface area contributed by atoms with Crippen LogP contribution >= 0.6 is 0 Å². The molecule has 1 unspecified atom stereocenters. The van der Waals surface area contributed by atoms with Crippen molar-refractivity contribution in [1.29, 1.82) is 0 Å². The molecule has 98 valence electrons. The van der Waals surface area contributed by atoms with Crippen LogP contribution in [0.25, 0.3) is 0 Å². The quantitative estimate of drug-likeness (QED) is 0.643. The highest BCUT2D eigenvalue weighted by molar-refractivity contribution is 5.84. The maximum Gasteiger partial charge on any atom is 0.243 e. The van der Waals surface area contributed by atoms with Gasteiger partial charge in [0.2, 0.25) is 12.3 Å². The molecule has 0 aliphatic carbocycles. The standard InChI is InChI=1S/C15H16N2O2/c1-2-12-5-7-13(8-6-12)10-16-15(19)14-4-3-9-17(14)11-18/h1,5-8,11,14H,3-4,9-10H2,(H,16,19). The number of likely N-dealkylation sites (tertiary alicyclic amines) is 1. The third kappa shape index (κ3) is 3.14. The Hall–Kier alpha value is -2.28. The number of carbonyl (C=O) groups is 2. The lowest BCUT2D eigenvalue weighted by atomic mass is 10.1. The number of nitrogens with one attached hydrogen (secondary N) is 1. The molecule has 1 N–H and O–H groups in total. The molecule has 0 radical (unpaired) electrons. The normalized spacial score (nSPS) is 17.8. The first-order valence-corrected chi connectivity index (χ1v) is 6.29. The molecule has 1 aliphatic heterocycles. The molecule has 0 spiro atoms. The van der Waals surface area contributed by atoms with Crippen LogP contribution in [0.5, 0.6) is 0 Å². The highest BCUT2D eigenvalue weighted by Crippen LogP contribution is 2.15. The van der Waals surface area contributed by atoms with E-state index in [1.807, 2.05) is 24.3 Å². The summed E-state index contributed by atoms with van der Waals surface area (Å²) >= 11 is 0. The predicted molar refractivity (Wildman–Crippen MR) is 72.0 cm³/mol. The Morgan fingerprint density at radius 2 is 2.21 bits per heavy atom. The van der Waals surface area contributed by atoms with Gasteiger partial charge in [0, 0.05) is 18.7 Å². The van der Waals surface area contributed by atoms with Gasteiger partial charge in [-0.3, -0.25) is 9.59 Å². The number of rotatable bonds is 4. The highest BCUT2D eigenvalue weighted by Gasteiger charge is 2.29. The second-order valence-electron chi connectivity index (χ2n) is 4.56. The van der Waals surface area contributed by atoms with Crippen LogP contribution in [0.4, 0.5) is 0 Å². The monoisotopic (exact) mass is 256 g/mol. The van der Waals surface area contributed by atoms with Gasteiger partial charge in [0.05, 0.1) is 0 Å². The molecule has 2 rings (SSSR count). The molecule has 0 saturated carbocycles. The third-order valence-corrected chi connectivity index (χ3v) is 3.32. The van der Waals surface area contributed by atoms with Gasteiger partial charge in [-0.05, 0) is 30.5 Å². The van der Waals surface area contributed by atoms with E-state index in [-0.39, 0.29) is 11.9 Å². The lowest BCUT2D eigenvalue weighted by Gasteiger charge is -2.19. The fraction of sp³-hybridized carbons (Fsp3) is 0.333. The topological polar surface area (TPSA) is 49.4 Å². The Labute approximate surface area is 112 Å². The molecular weight excluding hydrogens is 240 g/mol. The van der Waals surface area contributed by atoms with Crippen molar-refractivity contribution in [1.82, 2.24) is 10.2 Å². The first-order chi connectivity index (χ1) is 9.24. The van der Waals surface area contributed by atoms with Gasteiger partial charge in [-0.1, -0.05) is 18.1 Å². The molecule has 1 heterocycles. The molecule has 1 saturated heterocycles. The van der Waals surface area contributed by atoms with Crippen molar-refractivity contribution < 1.29 is 9.59 Å². The molecule has 4 nitrogen and oxygen atoms in total. The molecule has 1 aliphatic rings. The van der Waals surface area contributed by atoms with Crippen LogP contribution in [-0.2, 0) is 16.1 Å². The largest absolute Gasteiger partial charge is 0.350 e. The zero-order chi connectivity index (χ0) is 13.7. The number of hydrogen-bond donors (Lipinski definition) is 1. The van der Waals surface area contributed by atoms with Crippen LogP contribution in [-0.4, -0.2) is 29.8 Å². The van der Waals surface area contributed by atoms with Crippen molar-refractivity contribution in [3.05, 3.63) is 35.4 Å². The molecule has 1 atom stereocenters. The number of terminal acetylenes is 1. The minimum absolute atomic E-state index is 0.0920. The predicted octanol–water partition coefficient (Wildman–Crippen LogP) is 0.905. The molecule has 4 heteroatoms. The van der Waals surface area contributed by atoms with E-state index in [0.717, 1.165) is 30.4 Å². The number of amides is 2. The third-order valence-electron chi connectivity index (χ3n) is 3.32. The summed E-state index contributed by atoms with van der Waals surface area (Å²) in [7, 11) is 0. The second-order valence-corrected chi connectivity index (χ2v) is 4.56. The smallest absolute Gasteiger partial charge is 0.243 e. The summed E-state index contributed by atoms with van der Waals surface area (Å²) in [5.41, 5.74) is 1.81. The SMILES string of the molecule is C#Cc1ccc(CNC(=O)C2CCCN2C=O)cc1. The van der Waals surface area contributed by atoms with Crippen LogP contribution in [0.2, 0.25) is 0 Å². The van der Waals surface area contributed by atoms with Gasteiger partial charge in [-0.2, -0.15) is 0 Å². The van der Waals surface area contributed by atoms with E-state index in [1.54, 1.807) is 4.90 Å². The maximum atomic E-state index is 12.0. The lowest BCUT2D eigenvalue weighted by Crippen LogP contribution is -2.42. The summed E-state index contributed by atoms with van der Waals surface area (Å²) in [6, 6.07) is 7.15. The molecule has 0 aromatic heterocycles. The summed E-state index contributed by atoms with van der Waals surface area (Å²) in [6.45, 7) is 1.12. The second kappa shape index (κ2) is 6.05. The highest BCUT2D eigenvalue weighted by atomic mass is 16.2. The Morgan fingerprint density at radius 3 is 2.84 bits per heavy atom. The van der Waals surface area contributed by atoms with Gasteiger partial charge in [0.25, 0.3) is 0 Å². The Bertz CT molecular complexity index is 502. The van der Waals surface area contributed by atoms with Crippen molar-refractivity contribution in [2.45, 2.75) is 25.4 Å². The fourth-order valence-corrected chi connectivity index (χ4v) is 2.22. The average Bonchev–Trinajstić information content (AvgIpc) is 2.93. The molecule has 2 amide bonds. The van der Waals surface area contributed by atoms with E-state index in [9.17, 15) is 9.59 Å². The van der Waals surface area contributed by atoms with Crippen molar-refractivity contribution >= 4 is 12.3 Å². The van der Waals surface area contributed by atoms with E-state index in [4.69, 9.17) is 6.42 Å². The van der Waals surface area contributed by atoms with E-state index in [2.05, 4.69) is 11.2 Å². The van der Waals surface area contributed by atoms with Gasteiger partial charge >= 0.3 is 0 Å². The average molecular weight is 256 g/mol. The zero-order valence-corrected chi connectivity index (χ0v) is 10.6. The number of benzene rings is 1. The van der Waals surface area contributed by atoms with Crippen LogP contribution in [0.1, 0.15) is 24.0 Å². The van der Waals surface area contributed by atoms with E-state index in [1.165, 1.54) is 0 Å². The summed E-state index contributed by atoms with van der Waals surface area (Å²) in [6.07, 6.45) is 7.65. The van der Waals surface area contributed by atoms with Gasteiger partial charge in [-0.15, -0.1) is 6.42 Å². The molecule has 1 aromatic rings. The molecule has 1 aromatic carbocycles. The van der Waals surface area contributed by atoms with Crippen LogP contribution < -0.4 is 5.32 Å². The first-order valence-electron chi connectivity index (χ1n) is 6.29. The Kier molecular flexibility index (Phi) is 4.19. The van der Waals surface area contributed by atoms with Gasteiger partial charge in [0.1, 0.15) is 6.04 Å². The summed E-state index contributed by atoms with van der Waals surface area (Å²) < 4.78 is 0. The fourth-order valence-electron chi connectivity index (χ4n) is 2.22. The maximum absolute atomic E-state index is 12.0. The van der Waals surface area contributed by atoms with E-state index < -0.39 is 0 Å². The van der Waals surface area contributed by atoms with Crippen LogP contribution in [0.3, 0.4) is 0 Å². The minimum atomic E-state index is -0.317.